The van der Waals surface area contributed by atoms with Gasteiger partial charge in [0, 0.05) is 6.54 Å². The molecule has 1 fully saturated rings. The molecule has 2 amide bonds. The van der Waals surface area contributed by atoms with Crippen LogP contribution in [0.1, 0.15) is 86.6 Å². The van der Waals surface area contributed by atoms with Crippen LogP contribution >= 0.6 is 0 Å². The summed E-state index contributed by atoms with van der Waals surface area (Å²) in [5, 5.41) is 2.76. The summed E-state index contributed by atoms with van der Waals surface area (Å²) in [7, 11) is 0. The fourth-order valence-corrected chi connectivity index (χ4v) is 4.22. The number of carbonyl (C=O) groups is 3. The van der Waals surface area contributed by atoms with Gasteiger partial charge in [-0.25, -0.2) is 9.59 Å². The third kappa shape index (κ3) is 10.6. The SMILES string of the molecule is CC(C)(C)OC(=O)C[C@H]1OC(C)(C)N(C(=O)OC(C)(C)C)[C@H]1CCCCNC(=O)OCc1ccccc1. The fourth-order valence-electron chi connectivity index (χ4n) is 4.22. The van der Waals surface area contributed by atoms with E-state index in [1.807, 2.05) is 71.9 Å². The molecule has 0 bridgehead atoms. The summed E-state index contributed by atoms with van der Waals surface area (Å²) in [5.41, 5.74) is -1.34. The summed E-state index contributed by atoms with van der Waals surface area (Å²) in [5.74, 6) is -0.382. The average Bonchev–Trinajstić information content (AvgIpc) is 2.99. The number of hydrogen-bond acceptors (Lipinski definition) is 7. The molecule has 0 spiro atoms. The van der Waals surface area contributed by atoms with Gasteiger partial charge < -0.3 is 24.3 Å². The van der Waals surface area contributed by atoms with E-state index in [2.05, 4.69) is 5.32 Å². The minimum absolute atomic E-state index is 0.0225. The van der Waals surface area contributed by atoms with Gasteiger partial charge in [-0.3, -0.25) is 9.69 Å². The zero-order chi connectivity index (χ0) is 27.9. The molecular weight excluding hydrogens is 476 g/mol. The van der Waals surface area contributed by atoms with Gasteiger partial charge in [0.05, 0.1) is 18.6 Å². The number of nitrogens with zero attached hydrogens (tertiary/aromatic N) is 1. The van der Waals surface area contributed by atoms with Crippen molar-refractivity contribution in [2.24, 2.45) is 0 Å². The predicted octanol–water partition coefficient (Wildman–Crippen LogP) is 5.56. The van der Waals surface area contributed by atoms with Crippen molar-refractivity contribution < 1.29 is 33.3 Å². The summed E-state index contributed by atoms with van der Waals surface area (Å²) in [6, 6.07) is 9.08. The van der Waals surface area contributed by atoms with Gasteiger partial charge in [0.2, 0.25) is 0 Å². The highest BCUT2D eigenvalue weighted by atomic mass is 16.6. The average molecular weight is 521 g/mol. The first-order valence-corrected chi connectivity index (χ1v) is 12.9. The largest absolute Gasteiger partial charge is 0.460 e. The smallest absolute Gasteiger partial charge is 0.412 e. The molecule has 0 radical (unpaired) electrons. The highest BCUT2D eigenvalue weighted by Gasteiger charge is 2.51. The van der Waals surface area contributed by atoms with Crippen molar-refractivity contribution in [2.45, 2.75) is 117 Å². The lowest BCUT2D eigenvalue weighted by molar-refractivity contribution is -0.159. The van der Waals surface area contributed by atoms with Gasteiger partial charge in [-0.05, 0) is 80.2 Å². The highest BCUT2D eigenvalue weighted by Crippen LogP contribution is 2.37. The lowest BCUT2D eigenvalue weighted by atomic mass is 10.0. The number of amides is 2. The first-order valence-electron chi connectivity index (χ1n) is 12.9. The minimum Gasteiger partial charge on any atom is -0.460 e. The van der Waals surface area contributed by atoms with Gasteiger partial charge in [0.25, 0.3) is 0 Å². The van der Waals surface area contributed by atoms with Gasteiger partial charge in [0.1, 0.15) is 23.5 Å². The number of esters is 1. The lowest BCUT2D eigenvalue weighted by Crippen LogP contribution is -2.50. The quantitative estimate of drug-likeness (QED) is 0.258. The number of unbranched alkanes of at least 4 members (excludes halogenated alkanes) is 1. The molecule has 1 aliphatic heterocycles. The molecule has 1 aromatic carbocycles. The van der Waals surface area contributed by atoms with Crippen LogP contribution in [0, 0.1) is 0 Å². The Balaban J connectivity index is 1.96. The second-order valence-corrected chi connectivity index (χ2v) is 11.8. The lowest BCUT2D eigenvalue weighted by Gasteiger charge is -2.35. The molecule has 9 heteroatoms. The number of alkyl carbamates (subject to hydrolysis) is 1. The fraction of sp³-hybridized carbons (Fsp3) is 0.679. The Morgan fingerprint density at radius 1 is 0.973 bits per heavy atom. The Morgan fingerprint density at radius 3 is 2.19 bits per heavy atom. The van der Waals surface area contributed by atoms with Crippen molar-refractivity contribution in [1.29, 1.82) is 0 Å². The standard InChI is InChI=1S/C28H44N2O7/c1-26(2,3)36-23(31)18-22-21(30(28(7,8)35-22)25(33)37-27(4,5)6)16-12-13-17-29-24(32)34-19-20-14-10-9-11-15-20/h9-11,14-15,21-22H,12-13,16-19H2,1-8H3,(H,29,32)/t21-,22+/m0/s1. The number of carbonyl (C=O) groups excluding carboxylic acids is 3. The van der Waals surface area contributed by atoms with Crippen LogP contribution < -0.4 is 5.32 Å². The summed E-state index contributed by atoms with van der Waals surface area (Å²) in [6.45, 7) is 15.1. The molecule has 2 rings (SSSR count). The highest BCUT2D eigenvalue weighted by molar-refractivity contribution is 5.72. The molecule has 37 heavy (non-hydrogen) atoms. The Kier molecular flexibility index (Phi) is 10.4. The van der Waals surface area contributed by atoms with Crippen molar-refractivity contribution in [2.75, 3.05) is 6.54 Å². The van der Waals surface area contributed by atoms with E-state index in [1.54, 1.807) is 18.7 Å². The molecule has 1 aliphatic rings. The van der Waals surface area contributed by atoms with E-state index in [4.69, 9.17) is 18.9 Å². The Labute approximate surface area is 221 Å². The van der Waals surface area contributed by atoms with Crippen molar-refractivity contribution >= 4 is 18.2 Å². The van der Waals surface area contributed by atoms with Crippen LogP contribution in [0.2, 0.25) is 0 Å². The zero-order valence-electron chi connectivity index (χ0n) is 23.6. The zero-order valence-corrected chi connectivity index (χ0v) is 23.6. The third-order valence-electron chi connectivity index (χ3n) is 5.57. The third-order valence-corrected chi connectivity index (χ3v) is 5.57. The van der Waals surface area contributed by atoms with Gasteiger partial charge in [-0.2, -0.15) is 0 Å². The van der Waals surface area contributed by atoms with E-state index in [-0.39, 0.29) is 25.0 Å². The van der Waals surface area contributed by atoms with E-state index in [9.17, 15) is 14.4 Å². The molecule has 1 N–H and O–H groups in total. The van der Waals surface area contributed by atoms with Crippen LogP contribution in [0.15, 0.2) is 30.3 Å². The van der Waals surface area contributed by atoms with Gasteiger partial charge >= 0.3 is 18.2 Å². The molecule has 0 unspecified atom stereocenters. The Bertz CT molecular complexity index is 903. The van der Waals surface area contributed by atoms with Crippen molar-refractivity contribution in [3.63, 3.8) is 0 Å². The molecule has 0 saturated carbocycles. The van der Waals surface area contributed by atoms with Crippen molar-refractivity contribution in [3.05, 3.63) is 35.9 Å². The second kappa shape index (κ2) is 12.6. The summed E-state index contributed by atoms with van der Waals surface area (Å²) < 4.78 is 22.6. The minimum atomic E-state index is -0.959. The molecule has 9 nitrogen and oxygen atoms in total. The predicted molar refractivity (Wildman–Crippen MR) is 140 cm³/mol. The summed E-state index contributed by atoms with van der Waals surface area (Å²) >= 11 is 0. The van der Waals surface area contributed by atoms with Crippen LogP contribution in [0.5, 0.6) is 0 Å². The second-order valence-electron chi connectivity index (χ2n) is 11.8. The van der Waals surface area contributed by atoms with E-state index in [0.29, 0.717) is 25.8 Å². The van der Waals surface area contributed by atoms with E-state index >= 15 is 0 Å². The molecule has 0 aromatic heterocycles. The maximum atomic E-state index is 13.1. The first-order chi connectivity index (χ1) is 17.1. The van der Waals surface area contributed by atoms with Gasteiger partial charge in [-0.1, -0.05) is 30.3 Å². The topological polar surface area (TPSA) is 103 Å². The monoisotopic (exact) mass is 520 g/mol. The molecule has 1 heterocycles. The summed E-state index contributed by atoms with van der Waals surface area (Å²) in [6.07, 6.45) is 0.433. The van der Waals surface area contributed by atoms with E-state index in [1.165, 1.54) is 0 Å². The number of nitrogens with one attached hydrogen (secondary N) is 1. The van der Waals surface area contributed by atoms with Crippen LogP contribution in [0.3, 0.4) is 0 Å². The Morgan fingerprint density at radius 2 is 1.59 bits per heavy atom. The van der Waals surface area contributed by atoms with Gasteiger partial charge in [0.15, 0.2) is 0 Å². The maximum Gasteiger partial charge on any atom is 0.412 e. The van der Waals surface area contributed by atoms with E-state index in [0.717, 1.165) is 5.56 Å². The summed E-state index contributed by atoms with van der Waals surface area (Å²) in [4.78, 5) is 39.3. The van der Waals surface area contributed by atoms with Crippen LogP contribution in [0.25, 0.3) is 0 Å². The molecule has 2 atom stereocenters. The van der Waals surface area contributed by atoms with Crippen LogP contribution in [-0.2, 0) is 30.3 Å². The molecular formula is C28H44N2O7. The van der Waals surface area contributed by atoms with Gasteiger partial charge in [-0.15, -0.1) is 0 Å². The molecule has 0 aliphatic carbocycles. The van der Waals surface area contributed by atoms with Crippen molar-refractivity contribution in [1.82, 2.24) is 10.2 Å². The normalized spacial score (nSPS) is 19.3. The van der Waals surface area contributed by atoms with Crippen molar-refractivity contribution in [3.8, 4) is 0 Å². The Hall–Kier alpha value is -2.81. The maximum absolute atomic E-state index is 13.1. The number of rotatable bonds is 9. The molecule has 208 valence electrons. The van der Waals surface area contributed by atoms with Crippen LogP contribution in [0.4, 0.5) is 9.59 Å². The molecule has 1 aromatic rings. The van der Waals surface area contributed by atoms with E-state index < -0.39 is 35.2 Å². The molecule has 1 saturated heterocycles. The number of ether oxygens (including phenoxy) is 4. The number of hydrogen-bond donors (Lipinski definition) is 1. The first kappa shape index (κ1) is 30.4. The van der Waals surface area contributed by atoms with Crippen LogP contribution in [-0.4, -0.2) is 58.7 Å². The number of benzene rings is 1.